The molecule has 0 atom stereocenters. The third kappa shape index (κ3) is 4.32. The van der Waals surface area contributed by atoms with Crippen LogP contribution in [0.3, 0.4) is 0 Å². The van der Waals surface area contributed by atoms with Crippen LogP contribution in [0.2, 0.25) is 5.02 Å². The zero-order valence-electron chi connectivity index (χ0n) is 14.7. The van der Waals surface area contributed by atoms with E-state index in [0.717, 1.165) is 0 Å². The minimum Gasteiger partial charge on any atom is -0.491 e. The van der Waals surface area contributed by atoms with Crippen molar-refractivity contribution in [3.8, 4) is 11.5 Å². The number of aromatic amines is 1. The molecule has 0 aliphatic rings. The van der Waals surface area contributed by atoms with Gasteiger partial charge >= 0.3 is 5.76 Å². The molecule has 27 heavy (non-hydrogen) atoms. The number of carbonyl (C=O) groups excluding carboxylic acids is 1. The number of rotatable bonds is 6. The summed E-state index contributed by atoms with van der Waals surface area (Å²) in [5.74, 6) is 0.0596. The fourth-order valence-electron chi connectivity index (χ4n) is 2.53. The first kappa shape index (κ1) is 18.6. The summed E-state index contributed by atoms with van der Waals surface area (Å²) < 4.78 is 15.7. The van der Waals surface area contributed by atoms with E-state index < -0.39 is 5.76 Å². The van der Waals surface area contributed by atoms with Crippen LogP contribution in [0.15, 0.2) is 45.6 Å². The molecular weight excluding hydrogens is 372 g/mol. The summed E-state index contributed by atoms with van der Waals surface area (Å²) in [6.07, 6.45) is 2.98. The number of benzene rings is 2. The van der Waals surface area contributed by atoms with E-state index >= 15 is 0 Å². The summed E-state index contributed by atoms with van der Waals surface area (Å²) >= 11 is 6.20. The number of hydrogen-bond donors (Lipinski definition) is 2. The molecule has 0 saturated heterocycles. The summed E-state index contributed by atoms with van der Waals surface area (Å²) in [5.41, 5.74) is 2.14. The third-order valence-corrected chi connectivity index (χ3v) is 3.93. The van der Waals surface area contributed by atoms with Gasteiger partial charge < -0.3 is 19.2 Å². The van der Waals surface area contributed by atoms with E-state index in [4.69, 9.17) is 25.5 Å². The lowest BCUT2D eigenvalue weighted by Gasteiger charge is -2.11. The molecule has 8 heteroatoms. The van der Waals surface area contributed by atoms with E-state index in [1.54, 1.807) is 36.4 Å². The van der Waals surface area contributed by atoms with Crippen LogP contribution in [0.1, 0.15) is 12.5 Å². The van der Waals surface area contributed by atoms with Gasteiger partial charge in [-0.2, -0.15) is 0 Å². The van der Waals surface area contributed by atoms with Crippen molar-refractivity contribution in [3.63, 3.8) is 0 Å². The Hall–Kier alpha value is -3.19. The van der Waals surface area contributed by atoms with Crippen LogP contribution in [0.25, 0.3) is 17.2 Å². The van der Waals surface area contributed by atoms with Gasteiger partial charge in [0.25, 0.3) is 0 Å². The molecule has 140 valence electrons. The Kier molecular flexibility index (Phi) is 5.52. The van der Waals surface area contributed by atoms with E-state index in [1.807, 2.05) is 6.92 Å². The highest BCUT2D eigenvalue weighted by Crippen LogP contribution is 2.36. The summed E-state index contributed by atoms with van der Waals surface area (Å²) in [5, 5.41) is 3.10. The van der Waals surface area contributed by atoms with Gasteiger partial charge in [0.15, 0.2) is 17.1 Å². The molecule has 0 aliphatic heterocycles. The third-order valence-electron chi connectivity index (χ3n) is 3.65. The number of aromatic nitrogens is 1. The van der Waals surface area contributed by atoms with Gasteiger partial charge in [0, 0.05) is 11.8 Å². The van der Waals surface area contributed by atoms with Crippen molar-refractivity contribution < 1.29 is 18.7 Å². The van der Waals surface area contributed by atoms with Crippen molar-refractivity contribution in [2.75, 3.05) is 19.0 Å². The Bertz CT molecular complexity index is 1070. The fourth-order valence-corrected chi connectivity index (χ4v) is 2.83. The van der Waals surface area contributed by atoms with Crippen LogP contribution in [-0.4, -0.2) is 24.6 Å². The summed E-state index contributed by atoms with van der Waals surface area (Å²) in [7, 11) is 1.51. The number of H-pyrrole nitrogens is 1. The van der Waals surface area contributed by atoms with Crippen LogP contribution in [0.4, 0.5) is 5.69 Å². The monoisotopic (exact) mass is 388 g/mol. The quantitative estimate of drug-likeness (QED) is 0.626. The van der Waals surface area contributed by atoms with Crippen molar-refractivity contribution in [1.29, 1.82) is 0 Å². The van der Waals surface area contributed by atoms with Crippen molar-refractivity contribution in [1.82, 2.24) is 4.98 Å². The highest BCUT2D eigenvalue weighted by Gasteiger charge is 2.10. The molecule has 2 aromatic carbocycles. The van der Waals surface area contributed by atoms with Crippen LogP contribution < -0.4 is 20.5 Å². The standard InChI is InChI=1S/C19H17ClN2O5/c1-3-26-16-9-11(8-13(20)18(16)25-2)4-7-17(23)21-12-5-6-15-14(10-12)22-19(24)27-15/h4-10H,3H2,1-2H3,(H,21,23)(H,22,24)/b7-4+. The minimum atomic E-state index is -0.546. The molecule has 0 bridgehead atoms. The second-order valence-electron chi connectivity index (χ2n) is 5.52. The predicted molar refractivity (Wildman–Crippen MR) is 104 cm³/mol. The number of fused-ring (bicyclic) bond motifs is 1. The molecule has 0 spiro atoms. The maximum atomic E-state index is 12.2. The maximum absolute atomic E-state index is 12.2. The van der Waals surface area contributed by atoms with Crippen molar-refractivity contribution in [2.45, 2.75) is 6.92 Å². The Labute approximate surface area is 159 Å². The number of anilines is 1. The number of ether oxygens (including phenoxy) is 2. The highest BCUT2D eigenvalue weighted by atomic mass is 35.5. The van der Waals surface area contributed by atoms with Gasteiger partial charge in [-0.25, -0.2) is 4.79 Å². The lowest BCUT2D eigenvalue weighted by molar-refractivity contribution is -0.111. The Morgan fingerprint density at radius 3 is 2.89 bits per heavy atom. The Balaban J connectivity index is 1.76. The first-order chi connectivity index (χ1) is 13.0. The van der Waals surface area contributed by atoms with Crippen LogP contribution in [0.5, 0.6) is 11.5 Å². The van der Waals surface area contributed by atoms with E-state index in [1.165, 1.54) is 13.2 Å². The number of carbonyl (C=O) groups is 1. The van der Waals surface area contributed by atoms with E-state index in [2.05, 4.69) is 10.3 Å². The van der Waals surface area contributed by atoms with Gasteiger partial charge in [-0.15, -0.1) is 0 Å². The highest BCUT2D eigenvalue weighted by molar-refractivity contribution is 6.32. The summed E-state index contributed by atoms with van der Waals surface area (Å²) in [4.78, 5) is 25.9. The number of oxazole rings is 1. The second-order valence-corrected chi connectivity index (χ2v) is 5.92. The largest absolute Gasteiger partial charge is 0.491 e. The molecule has 0 saturated carbocycles. The average Bonchev–Trinajstić information content (AvgIpc) is 2.99. The number of methoxy groups -OCH3 is 1. The van der Waals surface area contributed by atoms with Gasteiger partial charge in [-0.3, -0.25) is 9.78 Å². The zero-order valence-corrected chi connectivity index (χ0v) is 15.4. The Morgan fingerprint density at radius 1 is 1.33 bits per heavy atom. The molecule has 0 radical (unpaired) electrons. The average molecular weight is 389 g/mol. The number of nitrogens with one attached hydrogen (secondary N) is 2. The van der Waals surface area contributed by atoms with E-state index in [9.17, 15) is 9.59 Å². The molecule has 7 nitrogen and oxygen atoms in total. The molecule has 0 aliphatic carbocycles. The molecule has 1 amide bonds. The fraction of sp³-hybridized carbons (Fsp3) is 0.158. The zero-order chi connectivity index (χ0) is 19.4. The van der Waals surface area contributed by atoms with Crippen molar-refractivity contribution in [3.05, 3.63) is 57.5 Å². The molecule has 2 N–H and O–H groups in total. The lowest BCUT2D eigenvalue weighted by Crippen LogP contribution is -2.07. The number of halogens is 1. The number of amides is 1. The predicted octanol–water partition coefficient (Wildman–Crippen LogP) is 3.83. The molecule has 0 unspecified atom stereocenters. The van der Waals surface area contributed by atoms with Gasteiger partial charge in [-0.1, -0.05) is 11.6 Å². The first-order valence-corrected chi connectivity index (χ1v) is 8.50. The van der Waals surface area contributed by atoms with Crippen LogP contribution in [0, 0.1) is 0 Å². The molecule has 1 aromatic heterocycles. The smallest absolute Gasteiger partial charge is 0.417 e. The molecule has 1 heterocycles. The normalized spacial score (nSPS) is 11.1. The van der Waals surface area contributed by atoms with Crippen molar-refractivity contribution >= 4 is 40.4 Å². The minimum absolute atomic E-state index is 0.343. The maximum Gasteiger partial charge on any atom is 0.417 e. The van der Waals surface area contributed by atoms with E-state index in [0.29, 0.717) is 45.5 Å². The second kappa shape index (κ2) is 8.01. The van der Waals surface area contributed by atoms with E-state index in [-0.39, 0.29) is 5.91 Å². The summed E-state index contributed by atoms with van der Waals surface area (Å²) in [6.45, 7) is 2.31. The first-order valence-electron chi connectivity index (χ1n) is 8.12. The van der Waals surface area contributed by atoms with Gasteiger partial charge in [0.1, 0.15) is 0 Å². The van der Waals surface area contributed by atoms with Gasteiger partial charge in [0.2, 0.25) is 5.91 Å². The lowest BCUT2D eigenvalue weighted by atomic mass is 10.2. The van der Waals surface area contributed by atoms with Crippen LogP contribution >= 0.6 is 11.6 Å². The summed E-state index contributed by atoms with van der Waals surface area (Å²) in [6, 6.07) is 8.27. The van der Waals surface area contributed by atoms with Crippen LogP contribution in [-0.2, 0) is 4.79 Å². The van der Waals surface area contributed by atoms with Gasteiger partial charge in [0.05, 0.1) is 24.3 Å². The van der Waals surface area contributed by atoms with Gasteiger partial charge in [-0.05, 0) is 48.9 Å². The molecule has 3 rings (SSSR count). The molecule has 3 aromatic rings. The number of hydrogen-bond acceptors (Lipinski definition) is 5. The molecular formula is C19H17ClN2O5. The molecule has 0 fully saturated rings. The SMILES string of the molecule is CCOc1cc(/C=C/C(=O)Nc2ccc3oc(=O)[nH]c3c2)cc(Cl)c1OC. The van der Waals surface area contributed by atoms with Crippen molar-refractivity contribution in [2.24, 2.45) is 0 Å². The Morgan fingerprint density at radius 2 is 2.15 bits per heavy atom. The topological polar surface area (TPSA) is 93.6 Å².